The highest BCUT2D eigenvalue weighted by Crippen LogP contribution is 2.27. The van der Waals surface area contributed by atoms with E-state index in [9.17, 15) is 4.79 Å². The van der Waals surface area contributed by atoms with Gasteiger partial charge < -0.3 is 9.80 Å². The molecule has 1 aromatic heterocycles. The van der Waals surface area contributed by atoms with Crippen LogP contribution >= 0.6 is 0 Å². The third-order valence-corrected chi connectivity index (χ3v) is 7.80. The smallest absolute Gasteiger partial charge is 0.274 e. The SMILES string of the molecule is O=C(c1nn(Cc2ccccc2)c2c1CN(Cc1ccc(N3CCCC3)cc1)CC2)N1CCCC1. The summed E-state index contributed by atoms with van der Waals surface area (Å²) in [5, 5.41) is 4.92. The van der Waals surface area contributed by atoms with Crippen LogP contribution in [0.15, 0.2) is 54.6 Å². The Balaban J connectivity index is 1.23. The molecule has 0 unspecified atom stereocenters. The van der Waals surface area contributed by atoms with Crippen LogP contribution in [0.5, 0.6) is 0 Å². The molecule has 0 bridgehead atoms. The summed E-state index contributed by atoms with van der Waals surface area (Å²) in [6.07, 6.45) is 5.72. The summed E-state index contributed by atoms with van der Waals surface area (Å²) in [4.78, 5) is 20.4. The van der Waals surface area contributed by atoms with Gasteiger partial charge in [0.1, 0.15) is 0 Å². The van der Waals surface area contributed by atoms with Crippen molar-refractivity contribution in [3.8, 4) is 0 Å². The van der Waals surface area contributed by atoms with Crippen molar-refractivity contribution in [2.75, 3.05) is 37.6 Å². The van der Waals surface area contributed by atoms with E-state index in [1.807, 2.05) is 11.0 Å². The molecule has 3 aliphatic heterocycles. The van der Waals surface area contributed by atoms with Crippen molar-refractivity contribution in [1.29, 1.82) is 0 Å². The molecule has 6 nitrogen and oxygen atoms in total. The Morgan fingerprint density at radius 1 is 0.771 bits per heavy atom. The highest BCUT2D eigenvalue weighted by molar-refractivity contribution is 5.94. The van der Waals surface area contributed by atoms with Crippen molar-refractivity contribution in [3.05, 3.63) is 82.7 Å². The van der Waals surface area contributed by atoms with Crippen molar-refractivity contribution in [1.82, 2.24) is 19.6 Å². The molecule has 2 aromatic carbocycles. The standard InChI is InChI=1S/C29H35N5O/c35-29(33-17-6-7-18-33)28-26-22-31(20-24-10-12-25(13-11-24)32-15-4-5-16-32)19-14-27(26)34(30-28)21-23-8-2-1-3-9-23/h1-3,8-13H,4-7,14-22H2. The van der Waals surface area contributed by atoms with Gasteiger partial charge in [-0.25, -0.2) is 0 Å². The molecule has 0 aliphatic carbocycles. The van der Waals surface area contributed by atoms with Crippen molar-refractivity contribution in [2.45, 2.75) is 51.7 Å². The van der Waals surface area contributed by atoms with E-state index in [0.29, 0.717) is 12.2 Å². The summed E-state index contributed by atoms with van der Waals surface area (Å²) in [7, 11) is 0. The third-order valence-electron chi connectivity index (χ3n) is 7.80. The number of nitrogens with zero attached hydrogens (tertiary/aromatic N) is 5. The number of rotatable bonds is 6. The Bertz CT molecular complexity index is 1160. The van der Waals surface area contributed by atoms with Gasteiger partial charge in [0.05, 0.1) is 6.54 Å². The van der Waals surface area contributed by atoms with Crippen LogP contribution in [0.1, 0.15) is 58.6 Å². The van der Waals surface area contributed by atoms with Crippen LogP contribution in [0.25, 0.3) is 0 Å². The van der Waals surface area contributed by atoms with E-state index in [-0.39, 0.29) is 5.91 Å². The van der Waals surface area contributed by atoms with Gasteiger partial charge in [0, 0.05) is 69.2 Å². The Labute approximate surface area is 208 Å². The Hall–Kier alpha value is -3.12. The number of hydrogen-bond acceptors (Lipinski definition) is 4. The molecule has 0 spiro atoms. The van der Waals surface area contributed by atoms with Gasteiger partial charge in [-0.15, -0.1) is 0 Å². The molecule has 3 aliphatic rings. The molecule has 6 rings (SSSR count). The summed E-state index contributed by atoms with van der Waals surface area (Å²) in [6.45, 7) is 7.45. The molecule has 182 valence electrons. The number of likely N-dealkylation sites (tertiary alicyclic amines) is 1. The Morgan fingerprint density at radius 3 is 2.20 bits per heavy atom. The first-order chi connectivity index (χ1) is 17.2. The zero-order valence-corrected chi connectivity index (χ0v) is 20.5. The number of carbonyl (C=O) groups is 1. The zero-order chi connectivity index (χ0) is 23.6. The van der Waals surface area contributed by atoms with Crippen LogP contribution in [0.4, 0.5) is 5.69 Å². The predicted molar refractivity (Wildman–Crippen MR) is 139 cm³/mol. The van der Waals surface area contributed by atoms with Crippen LogP contribution in [0, 0.1) is 0 Å². The van der Waals surface area contributed by atoms with Crippen LogP contribution in [-0.2, 0) is 26.1 Å². The lowest BCUT2D eigenvalue weighted by Crippen LogP contribution is -2.33. The molecular weight excluding hydrogens is 434 g/mol. The lowest BCUT2D eigenvalue weighted by Gasteiger charge is -2.28. The summed E-state index contributed by atoms with van der Waals surface area (Å²) in [5.41, 5.74) is 6.94. The molecule has 6 heteroatoms. The maximum absolute atomic E-state index is 13.4. The topological polar surface area (TPSA) is 44.6 Å². The fourth-order valence-corrected chi connectivity index (χ4v) is 5.86. The van der Waals surface area contributed by atoms with Crippen LogP contribution in [0.3, 0.4) is 0 Å². The second-order valence-electron chi connectivity index (χ2n) is 10.2. The van der Waals surface area contributed by atoms with Gasteiger partial charge in [-0.05, 0) is 48.9 Å². The van der Waals surface area contributed by atoms with Crippen molar-refractivity contribution in [3.63, 3.8) is 0 Å². The lowest BCUT2D eigenvalue weighted by molar-refractivity contribution is 0.0783. The van der Waals surface area contributed by atoms with E-state index in [1.165, 1.54) is 48.4 Å². The number of benzene rings is 2. The molecule has 4 heterocycles. The first kappa shape index (κ1) is 22.4. The maximum atomic E-state index is 13.4. The summed E-state index contributed by atoms with van der Waals surface area (Å²) >= 11 is 0. The normalized spacial score (nSPS) is 18.3. The molecule has 35 heavy (non-hydrogen) atoms. The maximum Gasteiger partial charge on any atom is 0.274 e. The molecule has 0 radical (unpaired) electrons. The predicted octanol–water partition coefficient (Wildman–Crippen LogP) is 4.33. The fourth-order valence-electron chi connectivity index (χ4n) is 5.86. The van der Waals surface area contributed by atoms with Gasteiger partial charge in [0.25, 0.3) is 5.91 Å². The number of aromatic nitrogens is 2. The molecule has 2 fully saturated rings. The second kappa shape index (κ2) is 9.86. The molecule has 0 atom stereocenters. The summed E-state index contributed by atoms with van der Waals surface area (Å²) in [5.74, 6) is 0.113. The average molecular weight is 470 g/mol. The highest BCUT2D eigenvalue weighted by atomic mass is 16.2. The van der Waals surface area contributed by atoms with Gasteiger partial charge in [0.15, 0.2) is 5.69 Å². The number of hydrogen-bond donors (Lipinski definition) is 0. The van der Waals surface area contributed by atoms with Gasteiger partial charge in [-0.2, -0.15) is 5.10 Å². The van der Waals surface area contributed by atoms with Crippen LogP contribution < -0.4 is 4.90 Å². The van der Waals surface area contributed by atoms with Crippen molar-refractivity contribution >= 4 is 11.6 Å². The van der Waals surface area contributed by atoms with Crippen LogP contribution in [0.2, 0.25) is 0 Å². The van der Waals surface area contributed by atoms with Gasteiger partial charge >= 0.3 is 0 Å². The van der Waals surface area contributed by atoms with Crippen LogP contribution in [-0.4, -0.2) is 58.2 Å². The van der Waals surface area contributed by atoms with Crippen molar-refractivity contribution < 1.29 is 4.79 Å². The number of amides is 1. The average Bonchev–Trinajstić information content (AvgIpc) is 3.67. The first-order valence-electron chi connectivity index (χ1n) is 13.2. The van der Waals surface area contributed by atoms with E-state index in [1.54, 1.807) is 0 Å². The molecule has 3 aromatic rings. The first-order valence-corrected chi connectivity index (χ1v) is 13.2. The molecule has 0 saturated carbocycles. The lowest BCUT2D eigenvalue weighted by atomic mass is 10.0. The Morgan fingerprint density at radius 2 is 1.46 bits per heavy atom. The third kappa shape index (κ3) is 4.72. The summed E-state index contributed by atoms with van der Waals surface area (Å²) < 4.78 is 2.09. The fraction of sp³-hybridized carbons (Fsp3) is 0.448. The largest absolute Gasteiger partial charge is 0.372 e. The minimum Gasteiger partial charge on any atom is -0.372 e. The number of anilines is 1. The minimum atomic E-state index is 0.113. The molecule has 1 amide bonds. The van der Waals surface area contributed by atoms with E-state index in [0.717, 1.165) is 57.5 Å². The Kier molecular flexibility index (Phi) is 6.30. The second-order valence-corrected chi connectivity index (χ2v) is 10.2. The monoisotopic (exact) mass is 469 g/mol. The highest BCUT2D eigenvalue weighted by Gasteiger charge is 2.31. The van der Waals surface area contributed by atoms with E-state index in [4.69, 9.17) is 5.10 Å². The number of carbonyl (C=O) groups excluding carboxylic acids is 1. The van der Waals surface area contributed by atoms with E-state index < -0.39 is 0 Å². The van der Waals surface area contributed by atoms with Gasteiger partial charge in [-0.1, -0.05) is 42.5 Å². The molecule has 2 saturated heterocycles. The van der Waals surface area contributed by atoms with E-state index in [2.05, 4.69) is 63.0 Å². The zero-order valence-electron chi connectivity index (χ0n) is 20.5. The van der Waals surface area contributed by atoms with Gasteiger partial charge in [0.2, 0.25) is 0 Å². The van der Waals surface area contributed by atoms with Crippen molar-refractivity contribution in [2.24, 2.45) is 0 Å². The molecule has 0 N–H and O–H groups in total. The molecular formula is C29H35N5O. The summed E-state index contributed by atoms with van der Waals surface area (Å²) in [6, 6.07) is 19.5. The minimum absolute atomic E-state index is 0.113. The van der Waals surface area contributed by atoms with E-state index >= 15 is 0 Å². The van der Waals surface area contributed by atoms with Gasteiger partial charge in [-0.3, -0.25) is 14.4 Å². The quantitative estimate of drug-likeness (QED) is 0.539. The number of fused-ring (bicyclic) bond motifs is 1.